The monoisotopic (exact) mass is 413 g/mol. The Bertz CT molecular complexity index is 587. The minimum Gasteiger partial charge on any atom is -0.356 e. The summed E-state index contributed by atoms with van der Waals surface area (Å²) in [5.41, 5.74) is 1.90. The van der Waals surface area contributed by atoms with Gasteiger partial charge in [-0.2, -0.15) is 0 Å². The Balaban J connectivity index is 0.00000242. The molecule has 0 unspecified atom stereocenters. The molecule has 2 rings (SSSR count). The van der Waals surface area contributed by atoms with Gasteiger partial charge in [0.05, 0.1) is 0 Å². The van der Waals surface area contributed by atoms with Crippen molar-refractivity contribution >= 4 is 29.9 Å². The molecule has 2 N–H and O–H groups in total. The van der Waals surface area contributed by atoms with Crippen molar-refractivity contribution in [1.82, 2.24) is 10.6 Å². The van der Waals surface area contributed by atoms with E-state index in [9.17, 15) is 4.39 Å². The Morgan fingerprint density at radius 2 is 1.68 bits per heavy atom. The first kappa shape index (κ1) is 18.4. The second kappa shape index (κ2) is 10.2. The van der Waals surface area contributed by atoms with Crippen molar-refractivity contribution in [1.29, 1.82) is 0 Å². The van der Waals surface area contributed by atoms with Crippen molar-refractivity contribution in [3.05, 3.63) is 71.5 Å². The summed E-state index contributed by atoms with van der Waals surface area (Å²) in [6, 6.07) is 16.9. The first-order chi connectivity index (χ1) is 10.3. The van der Waals surface area contributed by atoms with E-state index in [0.29, 0.717) is 25.1 Å². The van der Waals surface area contributed by atoms with Gasteiger partial charge in [-0.05, 0) is 23.6 Å². The van der Waals surface area contributed by atoms with Crippen LogP contribution in [0.25, 0.3) is 0 Å². The molecule has 0 radical (unpaired) electrons. The molecular formula is C17H21FIN3. The Morgan fingerprint density at radius 3 is 2.36 bits per heavy atom. The highest BCUT2D eigenvalue weighted by atomic mass is 127. The largest absolute Gasteiger partial charge is 0.356 e. The fourth-order valence-corrected chi connectivity index (χ4v) is 2.02. The van der Waals surface area contributed by atoms with Crippen molar-refractivity contribution in [2.24, 2.45) is 4.99 Å². The number of benzene rings is 2. The molecule has 0 aromatic heterocycles. The normalized spacial score (nSPS) is 10.7. The number of nitrogens with zero attached hydrogens (tertiary/aromatic N) is 1. The number of rotatable bonds is 5. The van der Waals surface area contributed by atoms with E-state index in [4.69, 9.17) is 0 Å². The number of aliphatic imine (C=N–C) groups is 1. The van der Waals surface area contributed by atoms with Gasteiger partial charge in [-0.15, -0.1) is 24.0 Å². The minimum absolute atomic E-state index is 0. The van der Waals surface area contributed by atoms with Crippen LogP contribution < -0.4 is 10.6 Å². The van der Waals surface area contributed by atoms with Gasteiger partial charge >= 0.3 is 0 Å². The van der Waals surface area contributed by atoms with E-state index in [1.54, 1.807) is 19.2 Å². The third-order valence-electron chi connectivity index (χ3n) is 3.17. The Labute approximate surface area is 148 Å². The average molecular weight is 413 g/mol. The van der Waals surface area contributed by atoms with Gasteiger partial charge in [0.1, 0.15) is 5.82 Å². The second-order valence-electron chi connectivity index (χ2n) is 4.68. The van der Waals surface area contributed by atoms with Crippen LogP contribution >= 0.6 is 24.0 Å². The summed E-state index contributed by atoms with van der Waals surface area (Å²) >= 11 is 0. The van der Waals surface area contributed by atoms with E-state index in [1.165, 1.54) is 11.6 Å². The quantitative estimate of drug-likeness (QED) is 0.448. The van der Waals surface area contributed by atoms with Crippen LogP contribution in [0.5, 0.6) is 0 Å². The maximum atomic E-state index is 13.5. The number of guanidine groups is 1. The van der Waals surface area contributed by atoms with Crippen molar-refractivity contribution in [2.75, 3.05) is 13.6 Å². The molecule has 0 saturated heterocycles. The summed E-state index contributed by atoms with van der Waals surface area (Å²) in [6.07, 6.45) is 0.624. The SMILES string of the molecule is CN=C(NCCc1ccccc1F)NCc1ccccc1.I. The maximum Gasteiger partial charge on any atom is 0.191 e. The van der Waals surface area contributed by atoms with Crippen LogP contribution in [-0.4, -0.2) is 19.6 Å². The summed E-state index contributed by atoms with van der Waals surface area (Å²) < 4.78 is 13.5. The zero-order chi connectivity index (χ0) is 14.9. The van der Waals surface area contributed by atoms with Crippen LogP contribution in [-0.2, 0) is 13.0 Å². The third-order valence-corrected chi connectivity index (χ3v) is 3.17. The van der Waals surface area contributed by atoms with Crippen LogP contribution in [0.4, 0.5) is 4.39 Å². The fourth-order valence-electron chi connectivity index (χ4n) is 2.02. The number of hydrogen-bond donors (Lipinski definition) is 2. The Hall–Kier alpha value is -1.63. The molecule has 2 aromatic rings. The molecule has 0 spiro atoms. The summed E-state index contributed by atoms with van der Waals surface area (Å²) in [7, 11) is 1.73. The van der Waals surface area contributed by atoms with Crippen LogP contribution in [0.1, 0.15) is 11.1 Å². The summed E-state index contributed by atoms with van der Waals surface area (Å²) in [4.78, 5) is 4.16. The van der Waals surface area contributed by atoms with Gasteiger partial charge in [0.25, 0.3) is 0 Å². The smallest absolute Gasteiger partial charge is 0.191 e. The van der Waals surface area contributed by atoms with E-state index in [1.807, 2.05) is 24.3 Å². The highest BCUT2D eigenvalue weighted by molar-refractivity contribution is 14.0. The van der Waals surface area contributed by atoms with E-state index in [2.05, 4.69) is 27.8 Å². The fraction of sp³-hybridized carbons (Fsp3) is 0.235. The van der Waals surface area contributed by atoms with Crippen LogP contribution in [0.3, 0.4) is 0 Å². The molecule has 3 nitrogen and oxygen atoms in total. The van der Waals surface area contributed by atoms with Gasteiger partial charge in [0.2, 0.25) is 0 Å². The molecule has 0 fully saturated rings. The zero-order valence-corrected chi connectivity index (χ0v) is 14.9. The van der Waals surface area contributed by atoms with Gasteiger partial charge in [-0.25, -0.2) is 4.39 Å². The predicted molar refractivity (Wildman–Crippen MR) is 100 cm³/mol. The predicted octanol–water partition coefficient (Wildman–Crippen LogP) is 3.35. The third kappa shape index (κ3) is 6.01. The minimum atomic E-state index is -0.161. The molecule has 0 heterocycles. The van der Waals surface area contributed by atoms with E-state index in [0.717, 1.165) is 5.96 Å². The van der Waals surface area contributed by atoms with E-state index in [-0.39, 0.29) is 29.8 Å². The highest BCUT2D eigenvalue weighted by Gasteiger charge is 2.01. The maximum absolute atomic E-state index is 13.5. The van der Waals surface area contributed by atoms with Crippen molar-refractivity contribution in [3.63, 3.8) is 0 Å². The first-order valence-corrected chi connectivity index (χ1v) is 7.01. The molecule has 0 amide bonds. The van der Waals surface area contributed by atoms with Crippen molar-refractivity contribution < 1.29 is 4.39 Å². The molecule has 0 aliphatic heterocycles. The van der Waals surface area contributed by atoms with Crippen LogP contribution in [0.2, 0.25) is 0 Å². The molecule has 2 aromatic carbocycles. The lowest BCUT2D eigenvalue weighted by Crippen LogP contribution is -2.37. The molecule has 0 aliphatic carbocycles. The molecule has 118 valence electrons. The Morgan fingerprint density at radius 1 is 1.00 bits per heavy atom. The summed E-state index contributed by atoms with van der Waals surface area (Å²) in [5.74, 6) is 0.557. The molecule has 0 bridgehead atoms. The molecule has 0 saturated carbocycles. The lowest BCUT2D eigenvalue weighted by molar-refractivity contribution is 0.606. The van der Waals surface area contributed by atoms with E-state index < -0.39 is 0 Å². The summed E-state index contributed by atoms with van der Waals surface area (Å²) in [5, 5.41) is 6.42. The van der Waals surface area contributed by atoms with Crippen LogP contribution in [0.15, 0.2) is 59.6 Å². The van der Waals surface area contributed by atoms with Gasteiger partial charge in [0, 0.05) is 20.1 Å². The van der Waals surface area contributed by atoms with Crippen LogP contribution in [0, 0.1) is 5.82 Å². The van der Waals surface area contributed by atoms with Crippen molar-refractivity contribution in [3.8, 4) is 0 Å². The lowest BCUT2D eigenvalue weighted by Gasteiger charge is -2.12. The van der Waals surface area contributed by atoms with Gasteiger partial charge in [-0.3, -0.25) is 4.99 Å². The first-order valence-electron chi connectivity index (χ1n) is 7.01. The number of halogens is 2. The standard InChI is InChI=1S/C17H20FN3.HI/c1-19-17(21-13-14-7-3-2-4-8-14)20-12-11-15-9-5-6-10-16(15)18;/h2-10H,11-13H2,1H3,(H2,19,20,21);1H. The number of nitrogens with one attached hydrogen (secondary N) is 2. The van der Waals surface area contributed by atoms with Crippen molar-refractivity contribution in [2.45, 2.75) is 13.0 Å². The van der Waals surface area contributed by atoms with Gasteiger partial charge in [-0.1, -0.05) is 48.5 Å². The molecule has 22 heavy (non-hydrogen) atoms. The van der Waals surface area contributed by atoms with E-state index >= 15 is 0 Å². The number of hydrogen-bond acceptors (Lipinski definition) is 1. The van der Waals surface area contributed by atoms with Gasteiger partial charge in [0.15, 0.2) is 5.96 Å². The molecule has 0 atom stereocenters. The zero-order valence-electron chi connectivity index (χ0n) is 12.6. The van der Waals surface area contributed by atoms with Gasteiger partial charge < -0.3 is 10.6 Å². The molecule has 0 aliphatic rings. The average Bonchev–Trinajstić information content (AvgIpc) is 2.53. The second-order valence-corrected chi connectivity index (χ2v) is 4.68. The topological polar surface area (TPSA) is 36.4 Å². The lowest BCUT2D eigenvalue weighted by atomic mass is 10.1. The summed E-state index contributed by atoms with van der Waals surface area (Å²) in [6.45, 7) is 1.34. The Kier molecular flexibility index (Phi) is 8.50. The highest BCUT2D eigenvalue weighted by Crippen LogP contribution is 2.06. The molecular weight excluding hydrogens is 392 g/mol. The molecule has 5 heteroatoms.